The summed E-state index contributed by atoms with van der Waals surface area (Å²) in [4.78, 5) is 13.2. The Morgan fingerprint density at radius 1 is 1.25 bits per heavy atom. The lowest BCUT2D eigenvalue weighted by Crippen LogP contribution is -2.15. The van der Waals surface area contributed by atoms with Gasteiger partial charge in [0.25, 0.3) is 0 Å². The number of unbranched alkanes of at least 4 members (excludes halogenated alkanes) is 1. The molecule has 1 aromatic carbocycles. The third kappa shape index (κ3) is 6.10. The van der Waals surface area contributed by atoms with Gasteiger partial charge in [-0.2, -0.15) is 0 Å². The van der Waals surface area contributed by atoms with Crippen LogP contribution >= 0.6 is 11.8 Å². The Morgan fingerprint density at radius 2 is 1.95 bits per heavy atom. The van der Waals surface area contributed by atoms with Crippen molar-refractivity contribution in [3.05, 3.63) is 29.8 Å². The molecule has 1 atom stereocenters. The Labute approximate surface area is 127 Å². The van der Waals surface area contributed by atoms with Gasteiger partial charge in [-0.1, -0.05) is 45.2 Å². The van der Waals surface area contributed by atoms with Crippen LogP contribution in [-0.4, -0.2) is 25.3 Å². The van der Waals surface area contributed by atoms with Crippen molar-refractivity contribution in [1.29, 1.82) is 0 Å². The van der Waals surface area contributed by atoms with Gasteiger partial charge in [-0.3, -0.25) is 4.79 Å². The second kappa shape index (κ2) is 10.0. The van der Waals surface area contributed by atoms with Crippen LogP contribution in [0.25, 0.3) is 0 Å². The zero-order valence-corrected chi connectivity index (χ0v) is 13.7. The summed E-state index contributed by atoms with van der Waals surface area (Å²) in [7, 11) is 0. The van der Waals surface area contributed by atoms with E-state index in [1.165, 1.54) is 24.2 Å². The smallest absolute Gasteiger partial charge is 0.188 e. The van der Waals surface area contributed by atoms with Crippen molar-refractivity contribution in [1.82, 2.24) is 0 Å². The summed E-state index contributed by atoms with van der Waals surface area (Å²) in [6, 6.07) is 7.72. The molecule has 0 aliphatic rings. The van der Waals surface area contributed by atoms with E-state index in [1.54, 1.807) is 11.8 Å². The number of thioether (sulfide) groups is 1. The van der Waals surface area contributed by atoms with Crippen molar-refractivity contribution in [2.75, 3.05) is 19.5 Å². The monoisotopic (exact) mass is 294 g/mol. The topological polar surface area (TPSA) is 26.3 Å². The molecule has 0 bridgehead atoms. The van der Waals surface area contributed by atoms with Crippen LogP contribution < -0.4 is 0 Å². The van der Waals surface area contributed by atoms with Gasteiger partial charge in [0.1, 0.15) is 6.61 Å². The minimum atomic E-state index is 0.0722. The average Bonchev–Trinajstić information content (AvgIpc) is 2.50. The van der Waals surface area contributed by atoms with E-state index in [9.17, 15) is 4.79 Å². The van der Waals surface area contributed by atoms with Crippen LogP contribution in [0, 0.1) is 5.92 Å². The number of carbonyl (C=O) groups is 1. The van der Waals surface area contributed by atoms with Gasteiger partial charge in [0.2, 0.25) is 0 Å². The summed E-state index contributed by atoms with van der Waals surface area (Å²) in [5.74, 6) is 0.657. The Morgan fingerprint density at radius 3 is 2.50 bits per heavy atom. The van der Waals surface area contributed by atoms with Gasteiger partial charge in [-0.05, 0) is 30.7 Å². The van der Waals surface area contributed by atoms with E-state index >= 15 is 0 Å². The number of Topliss-reactive ketones (excluding diaryl/α,β-unsaturated/α-hetero) is 1. The summed E-state index contributed by atoms with van der Waals surface area (Å²) in [5.41, 5.74) is 0.740. The standard InChI is InChI=1S/C17H26O2S/c1-4-6-7-14(5-2)12-19-13-17(18)15-8-10-16(20-3)11-9-15/h8-11,14H,4-7,12-13H2,1-3H3. The van der Waals surface area contributed by atoms with Crippen LogP contribution in [0.5, 0.6) is 0 Å². The predicted octanol–water partition coefficient (Wildman–Crippen LogP) is 4.82. The van der Waals surface area contributed by atoms with E-state index < -0.39 is 0 Å². The van der Waals surface area contributed by atoms with Crippen LogP contribution in [0.4, 0.5) is 0 Å². The quantitative estimate of drug-likeness (QED) is 0.457. The molecule has 1 rings (SSSR count). The Bertz CT molecular complexity index is 386. The highest BCUT2D eigenvalue weighted by Crippen LogP contribution is 2.16. The van der Waals surface area contributed by atoms with Gasteiger partial charge >= 0.3 is 0 Å². The minimum absolute atomic E-state index is 0.0722. The van der Waals surface area contributed by atoms with Gasteiger partial charge in [0.15, 0.2) is 5.78 Å². The van der Waals surface area contributed by atoms with Crippen LogP contribution in [0.2, 0.25) is 0 Å². The summed E-state index contributed by atoms with van der Waals surface area (Å²) in [6.07, 6.45) is 6.81. The molecule has 3 heteroatoms. The third-order valence-corrected chi connectivity index (χ3v) is 4.29. The predicted molar refractivity (Wildman–Crippen MR) is 86.7 cm³/mol. The number of ketones is 1. The van der Waals surface area contributed by atoms with Crippen molar-refractivity contribution >= 4 is 17.5 Å². The second-order valence-corrected chi connectivity index (χ2v) is 5.96. The number of benzene rings is 1. The maximum absolute atomic E-state index is 12.0. The molecule has 112 valence electrons. The van der Waals surface area contributed by atoms with Gasteiger partial charge in [-0.25, -0.2) is 0 Å². The molecule has 0 amide bonds. The maximum Gasteiger partial charge on any atom is 0.188 e. The number of rotatable bonds is 10. The van der Waals surface area contributed by atoms with Crippen molar-refractivity contribution in [3.8, 4) is 0 Å². The van der Waals surface area contributed by atoms with E-state index in [0.29, 0.717) is 12.5 Å². The molecule has 0 saturated heterocycles. The first kappa shape index (κ1) is 17.3. The Kier molecular flexibility index (Phi) is 8.63. The largest absolute Gasteiger partial charge is 0.373 e. The summed E-state index contributed by atoms with van der Waals surface area (Å²) in [5, 5.41) is 0. The van der Waals surface area contributed by atoms with Gasteiger partial charge in [0, 0.05) is 17.1 Å². The fraction of sp³-hybridized carbons (Fsp3) is 0.588. The molecular formula is C17H26O2S. The summed E-state index contributed by atoms with van der Waals surface area (Å²) >= 11 is 1.68. The van der Waals surface area contributed by atoms with Crippen molar-refractivity contribution in [2.24, 2.45) is 5.92 Å². The fourth-order valence-corrected chi connectivity index (χ4v) is 2.48. The third-order valence-electron chi connectivity index (χ3n) is 3.54. The number of hydrogen-bond acceptors (Lipinski definition) is 3. The van der Waals surface area contributed by atoms with Gasteiger partial charge < -0.3 is 4.74 Å². The average molecular weight is 294 g/mol. The number of ether oxygens (including phenoxy) is 1. The second-order valence-electron chi connectivity index (χ2n) is 5.08. The first-order chi connectivity index (χ1) is 9.71. The summed E-state index contributed by atoms with van der Waals surface area (Å²) < 4.78 is 5.60. The van der Waals surface area contributed by atoms with E-state index in [-0.39, 0.29) is 12.4 Å². The molecule has 0 aromatic heterocycles. The molecule has 0 radical (unpaired) electrons. The van der Waals surface area contributed by atoms with Crippen LogP contribution in [-0.2, 0) is 4.74 Å². The minimum Gasteiger partial charge on any atom is -0.373 e. The maximum atomic E-state index is 12.0. The van der Waals surface area contributed by atoms with E-state index in [2.05, 4.69) is 13.8 Å². The molecule has 2 nitrogen and oxygen atoms in total. The van der Waals surface area contributed by atoms with Crippen LogP contribution in [0.15, 0.2) is 29.2 Å². The van der Waals surface area contributed by atoms with E-state index in [0.717, 1.165) is 12.0 Å². The molecule has 0 aliphatic heterocycles. The molecule has 0 saturated carbocycles. The lowest BCUT2D eigenvalue weighted by atomic mass is 10.0. The van der Waals surface area contributed by atoms with Crippen molar-refractivity contribution in [3.63, 3.8) is 0 Å². The van der Waals surface area contributed by atoms with E-state index in [1.807, 2.05) is 30.5 Å². The zero-order chi connectivity index (χ0) is 14.8. The Balaban J connectivity index is 2.34. The number of hydrogen-bond donors (Lipinski definition) is 0. The molecule has 0 heterocycles. The lowest BCUT2D eigenvalue weighted by molar-refractivity contribution is 0.0658. The highest BCUT2D eigenvalue weighted by molar-refractivity contribution is 7.98. The highest BCUT2D eigenvalue weighted by Gasteiger charge is 2.09. The SMILES string of the molecule is CCCCC(CC)COCC(=O)c1ccc(SC)cc1. The van der Waals surface area contributed by atoms with Crippen LogP contribution in [0.3, 0.4) is 0 Å². The van der Waals surface area contributed by atoms with Gasteiger partial charge in [0.05, 0.1) is 0 Å². The molecule has 1 aromatic rings. The number of carbonyl (C=O) groups excluding carboxylic acids is 1. The van der Waals surface area contributed by atoms with Crippen molar-refractivity contribution in [2.45, 2.75) is 44.4 Å². The first-order valence-electron chi connectivity index (χ1n) is 7.46. The first-order valence-corrected chi connectivity index (χ1v) is 8.68. The highest BCUT2D eigenvalue weighted by atomic mass is 32.2. The normalized spacial score (nSPS) is 12.3. The van der Waals surface area contributed by atoms with E-state index in [4.69, 9.17) is 4.74 Å². The molecule has 0 N–H and O–H groups in total. The molecule has 0 fully saturated rings. The Hall–Kier alpha value is -0.800. The summed E-state index contributed by atoms with van der Waals surface area (Å²) in [6.45, 7) is 5.29. The molecule has 0 aliphatic carbocycles. The van der Waals surface area contributed by atoms with Gasteiger partial charge in [-0.15, -0.1) is 11.8 Å². The van der Waals surface area contributed by atoms with Crippen LogP contribution in [0.1, 0.15) is 49.9 Å². The molecular weight excluding hydrogens is 268 g/mol. The molecule has 0 spiro atoms. The fourth-order valence-electron chi connectivity index (χ4n) is 2.08. The lowest BCUT2D eigenvalue weighted by Gasteiger charge is -2.14. The van der Waals surface area contributed by atoms with Crippen molar-refractivity contribution < 1.29 is 9.53 Å². The molecule has 20 heavy (non-hydrogen) atoms. The molecule has 1 unspecified atom stereocenters. The zero-order valence-electron chi connectivity index (χ0n) is 12.9.